The molecule has 2 amide bonds. The smallest absolute Gasteiger partial charge is 0.268 e. The first-order valence-electron chi connectivity index (χ1n) is 10.8. The number of aromatic nitrogens is 2. The molecule has 0 bridgehead atoms. The van der Waals surface area contributed by atoms with Gasteiger partial charge < -0.3 is 9.47 Å². The summed E-state index contributed by atoms with van der Waals surface area (Å²) in [7, 11) is 0. The van der Waals surface area contributed by atoms with E-state index in [9.17, 15) is 14.0 Å². The number of carbonyl (C=O) groups excluding carboxylic acids is 2. The van der Waals surface area contributed by atoms with Gasteiger partial charge in [0.2, 0.25) is 11.9 Å². The number of hydrogen-bond acceptors (Lipinski definition) is 4. The third-order valence-electron chi connectivity index (χ3n) is 6.69. The Morgan fingerprint density at radius 3 is 2.81 bits per heavy atom. The highest BCUT2D eigenvalue weighted by Crippen LogP contribution is 2.55. The molecular formula is C24H25FN4O2S. The Bertz CT molecular complexity index is 1210. The van der Waals surface area contributed by atoms with Crippen LogP contribution in [-0.4, -0.2) is 39.4 Å². The first kappa shape index (κ1) is 20.9. The van der Waals surface area contributed by atoms with Crippen LogP contribution in [-0.2, 0) is 4.79 Å². The maximum absolute atomic E-state index is 13.6. The highest BCUT2D eigenvalue weighted by Gasteiger charge is 2.50. The summed E-state index contributed by atoms with van der Waals surface area (Å²) in [5, 5.41) is 2.96. The summed E-state index contributed by atoms with van der Waals surface area (Å²) in [5.41, 5.74) is 1.92. The van der Waals surface area contributed by atoms with Gasteiger partial charge in [-0.25, -0.2) is 9.37 Å². The van der Waals surface area contributed by atoms with Gasteiger partial charge in [0.05, 0.1) is 15.9 Å². The molecule has 2 aromatic heterocycles. The highest BCUT2D eigenvalue weighted by atomic mass is 32.1. The van der Waals surface area contributed by atoms with E-state index in [4.69, 9.17) is 0 Å². The number of alkyl halides is 1. The summed E-state index contributed by atoms with van der Waals surface area (Å²) in [6, 6.07) is 11.3. The van der Waals surface area contributed by atoms with Gasteiger partial charge in [0.15, 0.2) is 0 Å². The molecule has 3 heterocycles. The minimum Gasteiger partial charge on any atom is -0.339 e. The number of halogens is 1. The van der Waals surface area contributed by atoms with Gasteiger partial charge in [0.1, 0.15) is 6.17 Å². The van der Waals surface area contributed by atoms with Crippen molar-refractivity contribution in [3.8, 4) is 0 Å². The first-order chi connectivity index (χ1) is 15.4. The van der Waals surface area contributed by atoms with Crippen LogP contribution in [0.2, 0.25) is 0 Å². The van der Waals surface area contributed by atoms with E-state index in [2.05, 4.69) is 21.4 Å². The normalized spacial score (nSPS) is 23.3. The number of imidazole rings is 1. The molecule has 1 saturated carbocycles. The van der Waals surface area contributed by atoms with Crippen molar-refractivity contribution >= 4 is 40.1 Å². The van der Waals surface area contributed by atoms with E-state index in [-0.39, 0.29) is 23.3 Å². The van der Waals surface area contributed by atoms with Gasteiger partial charge in [-0.2, -0.15) is 0 Å². The maximum atomic E-state index is 13.6. The van der Waals surface area contributed by atoms with Gasteiger partial charge in [-0.3, -0.25) is 14.9 Å². The van der Waals surface area contributed by atoms with Gasteiger partial charge in [0.25, 0.3) is 5.91 Å². The molecule has 8 heteroatoms. The van der Waals surface area contributed by atoms with Crippen molar-refractivity contribution in [3.05, 3.63) is 58.8 Å². The number of likely N-dealkylation sites (tertiary alicyclic amines) is 1. The predicted molar refractivity (Wildman–Crippen MR) is 124 cm³/mol. The molecule has 1 aliphatic heterocycles. The quantitative estimate of drug-likeness (QED) is 0.547. The fraction of sp³-hybridized carbons (Fsp3) is 0.375. The number of thiophene rings is 1. The van der Waals surface area contributed by atoms with E-state index >= 15 is 0 Å². The van der Waals surface area contributed by atoms with E-state index in [0.717, 1.165) is 54.7 Å². The van der Waals surface area contributed by atoms with Crippen molar-refractivity contribution in [3.63, 3.8) is 0 Å². The van der Waals surface area contributed by atoms with Crippen LogP contribution in [0.4, 0.5) is 10.3 Å². The van der Waals surface area contributed by atoms with Crippen LogP contribution in [0.3, 0.4) is 0 Å². The molecule has 0 radical (unpaired) electrons. The number of hydrogen-bond donors (Lipinski definition) is 1. The van der Waals surface area contributed by atoms with E-state index in [1.807, 2.05) is 29.2 Å². The number of nitrogens with zero attached hydrogens (tertiary/aromatic N) is 3. The first-order valence-corrected chi connectivity index (χ1v) is 11.6. The van der Waals surface area contributed by atoms with Crippen molar-refractivity contribution < 1.29 is 14.0 Å². The fourth-order valence-corrected chi connectivity index (χ4v) is 5.89. The van der Waals surface area contributed by atoms with Crippen LogP contribution in [0.5, 0.6) is 0 Å². The number of para-hydroxylation sites is 2. The van der Waals surface area contributed by atoms with E-state index in [1.165, 1.54) is 13.0 Å². The summed E-state index contributed by atoms with van der Waals surface area (Å²) >= 11 is 1.16. The largest absolute Gasteiger partial charge is 0.339 e. The lowest BCUT2D eigenvalue weighted by Gasteiger charge is -2.46. The summed E-state index contributed by atoms with van der Waals surface area (Å²) in [6.07, 6.45) is 3.12. The summed E-state index contributed by atoms with van der Waals surface area (Å²) in [4.78, 5) is 32.4. The lowest BCUT2D eigenvalue weighted by atomic mass is 9.65. The molecule has 1 spiro atoms. The number of benzene rings is 1. The molecule has 6 nitrogen and oxygen atoms in total. The van der Waals surface area contributed by atoms with Crippen LogP contribution < -0.4 is 5.32 Å². The fourth-order valence-electron chi connectivity index (χ4n) is 5.06. The molecule has 5 rings (SSSR count). The van der Waals surface area contributed by atoms with Gasteiger partial charge in [0, 0.05) is 24.0 Å². The van der Waals surface area contributed by atoms with Crippen molar-refractivity contribution in [2.75, 3.05) is 18.4 Å². The van der Waals surface area contributed by atoms with Crippen molar-refractivity contribution in [2.45, 2.75) is 38.4 Å². The Morgan fingerprint density at radius 2 is 2.09 bits per heavy atom. The van der Waals surface area contributed by atoms with Crippen LogP contribution >= 0.6 is 11.3 Å². The van der Waals surface area contributed by atoms with Crippen LogP contribution in [0, 0.1) is 5.41 Å². The number of amides is 2. The van der Waals surface area contributed by atoms with E-state index in [1.54, 1.807) is 12.1 Å². The minimum absolute atomic E-state index is 0.00993. The third-order valence-corrected chi connectivity index (χ3v) is 7.93. The molecule has 1 N–H and O–H groups in total. The van der Waals surface area contributed by atoms with Crippen LogP contribution in [0.25, 0.3) is 11.0 Å². The van der Waals surface area contributed by atoms with Gasteiger partial charge in [-0.05, 0) is 61.9 Å². The summed E-state index contributed by atoms with van der Waals surface area (Å²) < 4.78 is 15.7. The molecule has 2 fully saturated rings. The van der Waals surface area contributed by atoms with Crippen molar-refractivity contribution in [2.24, 2.45) is 5.41 Å². The number of fused-ring (bicyclic) bond motifs is 1. The molecule has 1 atom stereocenters. The highest BCUT2D eigenvalue weighted by molar-refractivity contribution is 7.14. The molecule has 2 aliphatic rings. The lowest BCUT2D eigenvalue weighted by molar-refractivity contribution is -0.125. The average molecular weight is 453 g/mol. The molecule has 1 saturated heterocycles. The van der Waals surface area contributed by atoms with Gasteiger partial charge in [-0.1, -0.05) is 18.7 Å². The molecule has 32 heavy (non-hydrogen) atoms. The lowest BCUT2D eigenvalue weighted by Crippen LogP contribution is -2.42. The Labute approximate surface area is 189 Å². The second-order valence-corrected chi connectivity index (χ2v) is 9.96. The van der Waals surface area contributed by atoms with Crippen LogP contribution in [0.1, 0.15) is 52.9 Å². The molecule has 1 unspecified atom stereocenters. The predicted octanol–water partition coefficient (Wildman–Crippen LogP) is 5.12. The van der Waals surface area contributed by atoms with E-state index in [0.29, 0.717) is 15.7 Å². The average Bonchev–Trinajstić information content (AvgIpc) is 3.48. The number of anilines is 1. The Kier molecular flexibility index (Phi) is 5.12. The minimum atomic E-state index is -1.10. The third kappa shape index (κ3) is 3.52. The topological polar surface area (TPSA) is 67.2 Å². The second-order valence-electron chi connectivity index (χ2n) is 8.84. The van der Waals surface area contributed by atoms with Crippen molar-refractivity contribution in [1.82, 2.24) is 14.5 Å². The monoisotopic (exact) mass is 452 g/mol. The standard InChI is InChI=1S/C24H25FN4O2S/c1-3-21(30)28-11-10-24(14-28)12-16(13-24)29-18-7-5-4-6-17(18)26-23(29)27-22(31)20-9-8-19(32-20)15(2)25/h3-9,15-16H,1,10-14H2,2H3,(H,26,27,31). The Balaban J connectivity index is 1.39. The second kappa shape index (κ2) is 7.85. The molecular weight excluding hydrogens is 427 g/mol. The number of carbonyl (C=O) groups is 2. The van der Waals surface area contributed by atoms with Crippen molar-refractivity contribution in [1.29, 1.82) is 0 Å². The number of rotatable bonds is 5. The molecule has 1 aromatic carbocycles. The Morgan fingerprint density at radius 1 is 1.31 bits per heavy atom. The van der Waals surface area contributed by atoms with Gasteiger partial charge in [-0.15, -0.1) is 11.3 Å². The zero-order chi connectivity index (χ0) is 22.5. The van der Waals surface area contributed by atoms with Crippen LogP contribution in [0.15, 0.2) is 49.1 Å². The maximum Gasteiger partial charge on any atom is 0.268 e. The SMILES string of the molecule is C=CC(=O)N1CCC2(CC(n3c(NC(=O)c4ccc(C(C)F)s4)nc4ccccc43)C2)C1. The number of nitrogens with one attached hydrogen (secondary N) is 1. The zero-order valence-electron chi connectivity index (χ0n) is 17.9. The zero-order valence-corrected chi connectivity index (χ0v) is 18.7. The Hall–Kier alpha value is -3.00. The van der Waals surface area contributed by atoms with E-state index < -0.39 is 6.17 Å². The molecule has 3 aromatic rings. The summed E-state index contributed by atoms with van der Waals surface area (Å²) in [6.45, 7) is 6.58. The molecule has 1 aliphatic carbocycles. The molecule has 166 valence electrons. The van der Waals surface area contributed by atoms with Gasteiger partial charge >= 0.3 is 0 Å². The summed E-state index contributed by atoms with van der Waals surface area (Å²) in [5.74, 6) is 0.219.